The number of rotatable bonds is 3. The monoisotopic (exact) mass is 248 g/mol. The van der Waals surface area contributed by atoms with Crippen molar-refractivity contribution < 1.29 is 4.74 Å². The van der Waals surface area contributed by atoms with Gasteiger partial charge in [0.2, 0.25) is 0 Å². The van der Waals surface area contributed by atoms with Gasteiger partial charge in [-0.2, -0.15) is 0 Å². The van der Waals surface area contributed by atoms with E-state index >= 15 is 0 Å². The van der Waals surface area contributed by atoms with Gasteiger partial charge in [0, 0.05) is 24.3 Å². The maximum atomic E-state index is 5.32. The largest absolute Gasteiger partial charge is 0.496 e. The molecule has 1 aliphatic rings. The molecule has 3 nitrogen and oxygen atoms in total. The van der Waals surface area contributed by atoms with Gasteiger partial charge in [-0.05, 0) is 57.5 Å². The lowest BCUT2D eigenvalue weighted by molar-refractivity contribution is 0.386. The fourth-order valence-corrected chi connectivity index (χ4v) is 2.86. The quantitative estimate of drug-likeness (QED) is 0.890. The Balaban J connectivity index is 2.14. The van der Waals surface area contributed by atoms with Crippen LogP contribution in [-0.2, 0) is 0 Å². The lowest BCUT2D eigenvalue weighted by Gasteiger charge is -2.39. The van der Waals surface area contributed by atoms with Crippen LogP contribution in [0.3, 0.4) is 0 Å². The first-order valence-electron chi connectivity index (χ1n) is 6.74. The highest BCUT2D eigenvalue weighted by atomic mass is 16.5. The molecule has 2 atom stereocenters. The summed E-state index contributed by atoms with van der Waals surface area (Å²) in [5.41, 5.74) is 2.52. The van der Waals surface area contributed by atoms with Gasteiger partial charge in [0.15, 0.2) is 0 Å². The van der Waals surface area contributed by atoms with Gasteiger partial charge in [0.05, 0.1) is 7.11 Å². The minimum absolute atomic E-state index is 0.587. The number of piperidine rings is 1. The van der Waals surface area contributed by atoms with Gasteiger partial charge < -0.3 is 15.0 Å². The fraction of sp³-hybridized carbons (Fsp3) is 0.600. The molecule has 2 rings (SSSR count). The summed E-state index contributed by atoms with van der Waals surface area (Å²) >= 11 is 0. The Kier molecular flexibility index (Phi) is 4.12. The third-order valence-corrected chi connectivity index (χ3v) is 3.99. The van der Waals surface area contributed by atoms with E-state index in [9.17, 15) is 0 Å². The summed E-state index contributed by atoms with van der Waals surface area (Å²) < 4.78 is 5.32. The molecule has 100 valence electrons. The lowest BCUT2D eigenvalue weighted by atomic mass is 9.97. The van der Waals surface area contributed by atoms with Crippen LogP contribution in [0.25, 0.3) is 0 Å². The van der Waals surface area contributed by atoms with E-state index in [-0.39, 0.29) is 0 Å². The van der Waals surface area contributed by atoms with Gasteiger partial charge in [-0.3, -0.25) is 0 Å². The molecule has 0 aromatic heterocycles. The molecule has 1 heterocycles. The van der Waals surface area contributed by atoms with Crippen LogP contribution in [0.5, 0.6) is 5.75 Å². The summed E-state index contributed by atoms with van der Waals surface area (Å²) in [4.78, 5) is 2.50. The van der Waals surface area contributed by atoms with Crippen molar-refractivity contribution >= 4 is 5.69 Å². The number of benzene rings is 1. The van der Waals surface area contributed by atoms with Crippen LogP contribution in [0.1, 0.15) is 25.3 Å². The number of ether oxygens (including phenoxy) is 1. The molecule has 1 aromatic carbocycles. The van der Waals surface area contributed by atoms with Crippen molar-refractivity contribution in [2.75, 3.05) is 25.6 Å². The van der Waals surface area contributed by atoms with Crippen LogP contribution in [0.4, 0.5) is 5.69 Å². The molecule has 0 spiro atoms. The number of nitrogens with zero attached hydrogens (tertiary/aromatic N) is 1. The highest BCUT2D eigenvalue weighted by molar-refractivity contribution is 5.53. The summed E-state index contributed by atoms with van der Waals surface area (Å²) in [6.07, 6.45) is 2.42. The van der Waals surface area contributed by atoms with Crippen molar-refractivity contribution in [2.45, 2.75) is 38.8 Å². The number of anilines is 1. The van der Waals surface area contributed by atoms with Crippen LogP contribution in [0.2, 0.25) is 0 Å². The molecule has 18 heavy (non-hydrogen) atoms. The number of aryl methyl sites for hydroxylation is 1. The molecule has 0 radical (unpaired) electrons. The predicted octanol–water partition coefficient (Wildman–Crippen LogP) is 2.58. The zero-order valence-corrected chi connectivity index (χ0v) is 11.9. The Bertz CT molecular complexity index is 405. The Labute approximate surface area is 110 Å². The summed E-state index contributed by atoms with van der Waals surface area (Å²) in [7, 11) is 3.79. The lowest BCUT2D eigenvalue weighted by Crippen LogP contribution is -2.46. The van der Waals surface area contributed by atoms with Crippen molar-refractivity contribution in [3.8, 4) is 5.75 Å². The molecule has 1 aliphatic heterocycles. The van der Waals surface area contributed by atoms with E-state index in [1.807, 2.05) is 0 Å². The van der Waals surface area contributed by atoms with Crippen LogP contribution in [0, 0.1) is 6.92 Å². The first-order valence-corrected chi connectivity index (χ1v) is 6.74. The summed E-state index contributed by atoms with van der Waals surface area (Å²) in [5, 5.41) is 3.39. The smallest absolute Gasteiger partial charge is 0.121 e. The second kappa shape index (κ2) is 5.61. The number of nitrogens with one attached hydrogen (secondary N) is 1. The maximum absolute atomic E-state index is 5.32. The number of hydrogen-bond acceptors (Lipinski definition) is 3. The number of hydrogen-bond donors (Lipinski definition) is 1. The zero-order valence-electron chi connectivity index (χ0n) is 11.9. The molecule has 0 amide bonds. The van der Waals surface area contributed by atoms with Crippen LogP contribution in [0.15, 0.2) is 18.2 Å². The van der Waals surface area contributed by atoms with E-state index in [2.05, 4.69) is 49.3 Å². The summed E-state index contributed by atoms with van der Waals surface area (Å²) in [5.74, 6) is 0.969. The van der Waals surface area contributed by atoms with Crippen LogP contribution < -0.4 is 15.0 Å². The molecule has 1 fully saturated rings. The van der Waals surface area contributed by atoms with E-state index in [4.69, 9.17) is 4.74 Å². The first kappa shape index (κ1) is 13.2. The summed E-state index contributed by atoms with van der Waals surface area (Å²) in [6, 6.07) is 7.72. The van der Waals surface area contributed by atoms with E-state index < -0.39 is 0 Å². The fourth-order valence-electron chi connectivity index (χ4n) is 2.86. The van der Waals surface area contributed by atoms with E-state index in [0.717, 1.165) is 12.3 Å². The highest BCUT2D eigenvalue weighted by Crippen LogP contribution is 2.28. The Morgan fingerprint density at radius 2 is 2.17 bits per heavy atom. The molecule has 1 aromatic rings. The van der Waals surface area contributed by atoms with E-state index in [1.54, 1.807) is 7.11 Å². The maximum Gasteiger partial charge on any atom is 0.121 e. The minimum atomic E-state index is 0.587. The van der Waals surface area contributed by atoms with Crippen molar-refractivity contribution in [1.29, 1.82) is 0 Å². The van der Waals surface area contributed by atoms with E-state index in [1.165, 1.54) is 24.1 Å². The molecule has 1 saturated heterocycles. The van der Waals surface area contributed by atoms with Gasteiger partial charge in [-0.25, -0.2) is 0 Å². The first-order chi connectivity index (χ1) is 8.65. The molecular weight excluding hydrogens is 224 g/mol. The van der Waals surface area contributed by atoms with Crippen LogP contribution in [-0.4, -0.2) is 32.8 Å². The van der Waals surface area contributed by atoms with Crippen molar-refractivity contribution in [3.05, 3.63) is 23.8 Å². The topological polar surface area (TPSA) is 24.5 Å². The van der Waals surface area contributed by atoms with Crippen LogP contribution >= 0.6 is 0 Å². The van der Waals surface area contributed by atoms with Gasteiger partial charge in [-0.1, -0.05) is 0 Å². The molecule has 1 N–H and O–H groups in total. The van der Waals surface area contributed by atoms with Crippen molar-refractivity contribution in [2.24, 2.45) is 0 Å². The third-order valence-electron chi connectivity index (χ3n) is 3.99. The van der Waals surface area contributed by atoms with Gasteiger partial charge in [0.25, 0.3) is 0 Å². The number of methoxy groups -OCH3 is 1. The summed E-state index contributed by atoms with van der Waals surface area (Å²) in [6.45, 7) is 5.54. The molecule has 3 heteroatoms. The Morgan fingerprint density at radius 1 is 1.39 bits per heavy atom. The molecule has 0 bridgehead atoms. The predicted molar refractivity (Wildman–Crippen MR) is 76.6 cm³/mol. The van der Waals surface area contributed by atoms with Gasteiger partial charge in [-0.15, -0.1) is 0 Å². The minimum Gasteiger partial charge on any atom is -0.496 e. The molecule has 0 saturated carbocycles. The second-order valence-electron chi connectivity index (χ2n) is 5.21. The Hall–Kier alpha value is -1.22. The standard InChI is InChI=1S/C15H24N2O/c1-11-9-14(5-6-15(11)18-4)17-8-7-13(16-3)10-12(17)2/h5-6,9,12-13,16H,7-8,10H2,1-4H3. The SMILES string of the molecule is CNC1CCN(c2ccc(OC)c(C)c2)C(C)C1. The molecule has 2 unspecified atom stereocenters. The van der Waals surface area contributed by atoms with Crippen molar-refractivity contribution in [3.63, 3.8) is 0 Å². The third kappa shape index (κ3) is 2.61. The normalized spacial score (nSPS) is 24.1. The second-order valence-corrected chi connectivity index (χ2v) is 5.21. The molecular formula is C15H24N2O. The molecule has 0 aliphatic carbocycles. The Morgan fingerprint density at radius 3 is 2.72 bits per heavy atom. The van der Waals surface area contributed by atoms with Crippen molar-refractivity contribution in [1.82, 2.24) is 5.32 Å². The average molecular weight is 248 g/mol. The van der Waals surface area contributed by atoms with Gasteiger partial charge in [0.1, 0.15) is 5.75 Å². The highest BCUT2D eigenvalue weighted by Gasteiger charge is 2.24. The van der Waals surface area contributed by atoms with E-state index in [0.29, 0.717) is 12.1 Å². The zero-order chi connectivity index (χ0) is 13.1. The van der Waals surface area contributed by atoms with Gasteiger partial charge >= 0.3 is 0 Å². The average Bonchev–Trinajstić information content (AvgIpc) is 2.38.